The van der Waals surface area contributed by atoms with Crippen molar-refractivity contribution in [1.29, 1.82) is 0 Å². The van der Waals surface area contributed by atoms with Gasteiger partial charge in [0, 0.05) is 32.2 Å². The number of carbonyl (C=O) groups is 1. The van der Waals surface area contributed by atoms with Gasteiger partial charge in [0.1, 0.15) is 5.71 Å². The topological polar surface area (TPSA) is 35.9 Å². The zero-order valence-electron chi connectivity index (χ0n) is 17.5. The number of nitrogens with zero attached hydrogens (tertiary/aromatic N) is 3. The minimum atomic E-state index is -4.35. The summed E-state index contributed by atoms with van der Waals surface area (Å²) in [4.78, 5) is 21.8. The van der Waals surface area contributed by atoms with Crippen LogP contribution < -0.4 is 0 Å². The Hall–Kier alpha value is -2.15. The van der Waals surface area contributed by atoms with E-state index in [0.29, 0.717) is 49.8 Å². The Morgan fingerprint density at radius 1 is 1.13 bits per heavy atom. The number of rotatable bonds is 3. The van der Waals surface area contributed by atoms with E-state index in [1.807, 2.05) is 0 Å². The van der Waals surface area contributed by atoms with Crippen LogP contribution in [0, 0.1) is 0 Å². The van der Waals surface area contributed by atoms with Crippen molar-refractivity contribution in [3.05, 3.63) is 46.5 Å². The number of hydrogen-bond acceptors (Lipinski definition) is 3. The number of hydrogen-bond donors (Lipinski definition) is 0. The maximum absolute atomic E-state index is 13.4. The van der Waals surface area contributed by atoms with Crippen molar-refractivity contribution in [1.82, 2.24) is 9.80 Å². The van der Waals surface area contributed by atoms with Crippen LogP contribution in [0.4, 0.5) is 13.2 Å². The van der Waals surface area contributed by atoms with Crippen molar-refractivity contribution in [3.8, 4) is 0 Å². The van der Waals surface area contributed by atoms with E-state index in [-0.39, 0.29) is 11.8 Å². The third kappa shape index (κ3) is 4.04. The van der Waals surface area contributed by atoms with Crippen molar-refractivity contribution in [3.63, 3.8) is 0 Å². The molecule has 7 heteroatoms. The second kappa shape index (κ2) is 8.17. The summed E-state index contributed by atoms with van der Waals surface area (Å²) in [5, 5.41) is 0. The van der Waals surface area contributed by atoms with Crippen LogP contribution in [-0.2, 0) is 11.0 Å². The van der Waals surface area contributed by atoms with Gasteiger partial charge in [0.25, 0.3) is 5.91 Å². The number of aliphatic imine (C=N–C) groups is 1. The molecule has 3 heterocycles. The molecule has 4 rings (SSSR count). The van der Waals surface area contributed by atoms with E-state index in [0.717, 1.165) is 31.1 Å². The summed E-state index contributed by atoms with van der Waals surface area (Å²) in [5.41, 5.74) is 2.71. The Morgan fingerprint density at radius 2 is 1.83 bits per heavy atom. The highest BCUT2D eigenvalue weighted by Gasteiger charge is 2.37. The van der Waals surface area contributed by atoms with Gasteiger partial charge in [0.15, 0.2) is 0 Å². The van der Waals surface area contributed by atoms with E-state index in [1.54, 1.807) is 17.0 Å². The maximum atomic E-state index is 13.4. The van der Waals surface area contributed by atoms with Gasteiger partial charge in [0.2, 0.25) is 0 Å². The Morgan fingerprint density at radius 3 is 2.50 bits per heavy atom. The van der Waals surface area contributed by atoms with Crippen molar-refractivity contribution in [2.45, 2.75) is 51.2 Å². The van der Waals surface area contributed by atoms with Crippen molar-refractivity contribution in [2.24, 2.45) is 4.99 Å². The van der Waals surface area contributed by atoms with Gasteiger partial charge in [-0.2, -0.15) is 13.2 Å². The standard InChI is InChI=1S/C23H28F3N3O/c1-15(2)29-12-9-17-13-27-21(19(17)14-29)22(30)28-10-7-16(8-11-28)18-5-3-4-6-20(18)23(24,25)26/h3-6,15-16H,7-14H2,1-2H3. The molecule has 1 aromatic rings. The predicted molar refractivity (Wildman–Crippen MR) is 111 cm³/mol. The smallest absolute Gasteiger partial charge is 0.337 e. The third-order valence-electron chi connectivity index (χ3n) is 6.62. The van der Waals surface area contributed by atoms with E-state index in [1.165, 1.54) is 11.6 Å². The Kier molecular flexibility index (Phi) is 5.75. The van der Waals surface area contributed by atoms with Crippen LogP contribution in [0.2, 0.25) is 0 Å². The second-order valence-corrected chi connectivity index (χ2v) is 8.71. The summed E-state index contributed by atoms with van der Waals surface area (Å²) in [7, 11) is 0. The summed E-state index contributed by atoms with van der Waals surface area (Å²) in [5.74, 6) is -0.244. The van der Waals surface area contributed by atoms with Crippen LogP contribution in [0.3, 0.4) is 0 Å². The molecule has 0 radical (unpaired) electrons. The fourth-order valence-corrected chi connectivity index (χ4v) is 4.80. The summed E-state index contributed by atoms with van der Waals surface area (Å²) in [6.45, 7) is 7.60. The van der Waals surface area contributed by atoms with Gasteiger partial charge in [-0.3, -0.25) is 14.7 Å². The molecule has 4 nitrogen and oxygen atoms in total. The Bertz CT molecular complexity index is 880. The van der Waals surface area contributed by atoms with E-state index in [4.69, 9.17) is 0 Å². The van der Waals surface area contributed by atoms with Gasteiger partial charge in [-0.15, -0.1) is 0 Å². The molecular formula is C23H28F3N3O. The van der Waals surface area contributed by atoms with Crippen molar-refractivity contribution < 1.29 is 18.0 Å². The van der Waals surface area contributed by atoms with Crippen molar-refractivity contribution in [2.75, 3.05) is 32.7 Å². The number of alkyl halides is 3. The first-order chi connectivity index (χ1) is 14.3. The lowest BCUT2D eigenvalue weighted by Crippen LogP contribution is -2.44. The lowest BCUT2D eigenvalue weighted by atomic mass is 9.86. The van der Waals surface area contributed by atoms with Gasteiger partial charge in [-0.05, 0) is 61.8 Å². The molecule has 162 valence electrons. The van der Waals surface area contributed by atoms with E-state index < -0.39 is 11.7 Å². The van der Waals surface area contributed by atoms with Crippen LogP contribution in [0.15, 0.2) is 40.4 Å². The molecule has 1 aromatic carbocycles. The normalized spacial score (nSPS) is 21.3. The van der Waals surface area contributed by atoms with E-state index >= 15 is 0 Å². The maximum Gasteiger partial charge on any atom is 0.416 e. The zero-order chi connectivity index (χ0) is 21.5. The van der Waals surface area contributed by atoms with Crippen LogP contribution in [0.1, 0.15) is 50.2 Å². The largest absolute Gasteiger partial charge is 0.416 e. The molecule has 1 amide bonds. The van der Waals surface area contributed by atoms with E-state index in [2.05, 4.69) is 23.7 Å². The molecule has 0 unspecified atom stereocenters. The first-order valence-corrected chi connectivity index (χ1v) is 10.7. The number of benzene rings is 1. The summed E-state index contributed by atoms with van der Waals surface area (Å²) >= 11 is 0. The number of piperidine rings is 1. The summed E-state index contributed by atoms with van der Waals surface area (Å²) < 4.78 is 40.1. The lowest BCUT2D eigenvalue weighted by Gasteiger charge is -2.35. The second-order valence-electron chi connectivity index (χ2n) is 8.71. The number of amides is 1. The monoisotopic (exact) mass is 419 g/mol. The van der Waals surface area contributed by atoms with Crippen LogP contribution in [0.25, 0.3) is 0 Å². The van der Waals surface area contributed by atoms with Crippen LogP contribution in [-0.4, -0.2) is 60.2 Å². The molecular weight excluding hydrogens is 391 g/mol. The first kappa shape index (κ1) is 21.1. The molecule has 3 aliphatic heterocycles. The quantitative estimate of drug-likeness (QED) is 0.733. The highest BCUT2D eigenvalue weighted by Crippen LogP contribution is 2.39. The van der Waals surface area contributed by atoms with Gasteiger partial charge < -0.3 is 4.90 Å². The Balaban J connectivity index is 1.43. The van der Waals surface area contributed by atoms with Crippen molar-refractivity contribution >= 4 is 11.6 Å². The number of halogens is 3. The molecule has 0 saturated carbocycles. The fraction of sp³-hybridized carbons (Fsp3) is 0.565. The lowest BCUT2D eigenvalue weighted by molar-refractivity contribution is -0.138. The van der Waals surface area contributed by atoms with Gasteiger partial charge in [-0.1, -0.05) is 18.2 Å². The molecule has 3 aliphatic rings. The molecule has 1 fully saturated rings. The zero-order valence-corrected chi connectivity index (χ0v) is 17.5. The Labute approximate surface area is 175 Å². The summed E-state index contributed by atoms with van der Waals surface area (Å²) in [6, 6.07) is 6.23. The highest BCUT2D eigenvalue weighted by molar-refractivity contribution is 6.46. The highest BCUT2D eigenvalue weighted by atomic mass is 19.4. The van der Waals surface area contributed by atoms with Crippen LogP contribution in [0.5, 0.6) is 0 Å². The molecule has 30 heavy (non-hydrogen) atoms. The molecule has 0 aromatic heterocycles. The molecule has 0 N–H and O–H groups in total. The number of carbonyl (C=O) groups excluding carboxylic acids is 1. The molecule has 0 aliphatic carbocycles. The average molecular weight is 419 g/mol. The molecule has 0 atom stereocenters. The van der Waals surface area contributed by atoms with Gasteiger partial charge in [0.05, 0.1) is 12.1 Å². The third-order valence-corrected chi connectivity index (χ3v) is 6.62. The summed E-state index contributed by atoms with van der Waals surface area (Å²) in [6.07, 6.45) is -2.33. The minimum Gasteiger partial charge on any atom is -0.337 e. The van der Waals surface area contributed by atoms with Gasteiger partial charge >= 0.3 is 6.18 Å². The average Bonchev–Trinajstić information content (AvgIpc) is 3.16. The van der Waals surface area contributed by atoms with E-state index in [9.17, 15) is 18.0 Å². The molecule has 0 bridgehead atoms. The van der Waals surface area contributed by atoms with Gasteiger partial charge in [-0.25, -0.2) is 0 Å². The molecule has 0 spiro atoms. The van der Waals surface area contributed by atoms with Crippen LogP contribution >= 0.6 is 0 Å². The minimum absolute atomic E-state index is 0.0619. The SMILES string of the molecule is CC(C)N1CCC2=C(C1)C(C(=O)N1CCC(c3ccccc3C(F)(F)F)CC1)=NC2. The first-order valence-electron chi connectivity index (χ1n) is 10.7. The predicted octanol–water partition coefficient (Wildman–Crippen LogP) is 4.28. The molecule has 1 saturated heterocycles. The number of likely N-dealkylation sites (tertiary alicyclic amines) is 1. The fourth-order valence-electron chi connectivity index (χ4n) is 4.80.